The Morgan fingerprint density at radius 1 is 1.32 bits per heavy atom. The Morgan fingerprint density at radius 2 is 2.10 bits per heavy atom. The number of aryl methyl sites for hydroxylation is 1. The number of carbonyl (C=O) groups excluding carboxylic acids is 1. The molecule has 0 spiro atoms. The summed E-state index contributed by atoms with van der Waals surface area (Å²) in [7, 11) is 0. The molecule has 164 valence electrons. The number of aromatic amines is 1. The van der Waals surface area contributed by atoms with Gasteiger partial charge in [-0.3, -0.25) is 14.5 Å². The number of nitrogens with zero attached hydrogens (tertiary/aromatic N) is 4. The van der Waals surface area contributed by atoms with Gasteiger partial charge in [-0.1, -0.05) is 13.0 Å². The first-order valence-corrected chi connectivity index (χ1v) is 10.7. The number of amides is 2. The van der Waals surface area contributed by atoms with Crippen LogP contribution in [0.25, 0.3) is 6.08 Å². The van der Waals surface area contributed by atoms with E-state index in [0.717, 1.165) is 36.9 Å². The van der Waals surface area contributed by atoms with Gasteiger partial charge in [-0.05, 0) is 56.5 Å². The lowest BCUT2D eigenvalue weighted by Gasteiger charge is -2.34. The van der Waals surface area contributed by atoms with Crippen molar-refractivity contribution in [2.75, 3.05) is 18.8 Å². The Bertz CT molecular complexity index is 1050. The molecule has 1 fully saturated rings. The summed E-state index contributed by atoms with van der Waals surface area (Å²) in [6.45, 7) is 8.43. The number of pyridine rings is 1. The zero-order valence-corrected chi connectivity index (χ0v) is 17.6. The Kier molecular flexibility index (Phi) is 5.92. The van der Waals surface area contributed by atoms with Gasteiger partial charge in [-0.25, -0.2) is 14.6 Å². The van der Waals surface area contributed by atoms with E-state index < -0.39 is 0 Å². The molecule has 4 N–H and O–H groups in total. The Morgan fingerprint density at radius 3 is 2.81 bits per heavy atom. The van der Waals surface area contributed by atoms with Crippen molar-refractivity contribution < 1.29 is 4.79 Å². The molecule has 0 bridgehead atoms. The highest BCUT2D eigenvalue weighted by Gasteiger charge is 2.29. The van der Waals surface area contributed by atoms with Crippen LogP contribution in [0, 0.1) is 0 Å². The zero-order valence-electron chi connectivity index (χ0n) is 17.6. The second-order valence-electron chi connectivity index (χ2n) is 8.18. The smallest absolute Gasteiger partial charge is 0.327 e. The third-order valence-electron chi connectivity index (χ3n) is 6.25. The first kappa shape index (κ1) is 20.9. The summed E-state index contributed by atoms with van der Waals surface area (Å²) in [6.07, 6.45) is 8.53. The molecule has 2 aromatic heterocycles. The number of hydrogen-bond donors (Lipinski definition) is 3. The predicted octanol–water partition coefficient (Wildman–Crippen LogP) is 2.94. The van der Waals surface area contributed by atoms with Crippen molar-refractivity contribution in [3.8, 4) is 0 Å². The highest BCUT2D eigenvalue weighted by atomic mass is 16.2. The summed E-state index contributed by atoms with van der Waals surface area (Å²) in [4.78, 5) is 38.3. The number of nitrogen functional groups attached to an aromatic ring is 1. The molecular weight excluding hydrogens is 394 g/mol. The second kappa shape index (κ2) is 8.79. The topological polar surface area (TPSA) is 121 Å². The molecule has 1 atom stereocenters. The van der Waals surface area contributed by atoms with Crippen molar-refractivity contribution in [1.29, 1.82) is 0 Å². The van der Waals surface area contributed by atoms with Crippen LogP contribution < -0.4 is 16.7 Å². The molecule has 1 aliphatic heterocycles. The number of imidazole rings is 1. The van der Waals surface area contributed by atoms with Crippen LogP contribution in [0.4, 0.5) is 16.3 Å². The van der Waals surface area contributed by atoms with Gasteiger partial charge in [-0.15, -0.1) is 0 Å². The quantitative estimate of drug-likeness (QED) is 0.517. The molecule has 2 aromatic rings. The number of aliphatic imine (C=N–C) groups is 1. The Balaban J connectivity index is 1.43. The molecule has 0 saturated carbocycles. The minimum atomic E-state index is -0.222. The number of nitrogens with two attached hydrogens (primary N) is 1. The average molecular weight is 424 g/mol. The number of nitrogens with one attached hydrogen (secondary N) is 2. The molecule has 2 aliphatic rings. The average Bonchev–Trinajstić information content (AvgIpc) is 2.98. The summed E-state index contributed by atoms with van der Waals surface area (Å²) >= 11 is 0. The number of aromatic nitrogens is 3. The number of H-pyrrole nitrogens is 1. The molecule has 9 nitrogen and oxygen atoms in total. The molecule has 0 radical (unpaired) electrons. The number of fused-ring (bicyclic) bond motifs is 1. The van der Waals surface area contributed by atoms with E-state index in [4.69, 9.17) is 5.73 Å². The first-order valence-electron chi connectivity index (χ1n) is 10.7. The fraction of sp³-hybridized carbons (Fsp3) is 0.455. The van der Waals surface area contributed by atoms with Gasteiger partial charge in [0.1, 0.15) is 0 Å². The van der Waals surface area contributed by atoms with Crippen LogP contribution >= 0.6 is 0 Å². The molecule has 4 rings (SSSR count). The van der Waals surface area contributed by atoms with E-state index >= 15 is 0 Å². The fourth-order valence-corrected chi connectivity index (χ4v) is 4.69. The maximum Gasteiger partial charge on any atom is 0.327 e. The van der Waals surface area contributed by atoms with Gasteiger partial charge >= 0.3 is 11.7 Å². The molecule has 9 heteroatoms. The third-order valence-corrected chi connectivity index (χ3v) is 6.25. The number of urea groups is 1. The lowest BCUT2D eigenvalue weighted by molar-refractivity contribution is 0.166. The predicted molar refractivity (Wildman–Crippen MR) is 122 cm³/mol. The van der Waals surface area contributed by atoms with Crippen LogP contribution in [-0.4, -0.2) is 45.3 Å². The van der Waals surface area contributed by atoms with E-state index in [0.29, 0.717) is 43.1 Å². The van der Waals surface area contributed by atoms with Crippen LogP contribution in [0.15, 0.2) is 28.6 Å². The van der Waals surface area contributed by atoms with E-state index in [1.165, 1.54) is 0 Å². The van der Waals surface area contributed by atoms with E-state index in [9.17, 15) is 9.59 Å². The van der Waals surface area contributed by atoms with E-state index in [-0.39, 0.29) is 23.8 Å². The van der Waals surface area contributed by atoms with Gasteiger partial charge in [-0.2, -0.15) is 0 Å². The van der Waals surface area contributed by atoms with Crippen LogP contribution in [-0.2, 0) is 6.42 Å². The van der Waals surface area contributed by atoms with Crippen molar-refractivity contribution in [1.82, 2.24) is 24.8 Å². The monoisotopic (exact) mass is 423 g/mol. The molecule has 1 saturated heterocycles. The summed E-state index contributed by atoms with van der Waals surface area (Å²) < 4.78 is 1.68. The molecule has 1 aliphatic carbocycles. The molecule has 3 heterocycles. The first-order chi connectivity index (χ1) is 15.0. The molecule has 31 heavy (non-hydrogen) atoms. The highest BCUT2D eigenvalue weighted by molar-refractivity contribution is 5.75. The van der Waals surface area contributed by atoms with Gasteiger partial charge in [0.05, 0.1) is 29.3 Å². The third kappa shape index (κ3) is 4.12. The van der Waals surface area contributed by atoms with Crippen LogP contribution in [0.1, 0.15) is 61.1 Å². The van der Waals surface area contributed by atoms with Crippen molar-refractivity contribution in [3.05, 3.63) is 46.3 Å². The Hall–Kier alpha value is -3.36. The number of piperidine rings is 1. The van der Waals surface area contributed by atoms with Crippen molar-refractivity contribution >= 4 is 30.3 Å². The highest BCUT2D eigenvalue weighted by Crippen LogP contribution is 2.30. The number of anilines is 1. The van der Waals surface area contributed by atoms with Crippen molar-refractivity contribution in [2.24, 2.45) is 4.99 Å². The molecule has 2 amide bonds. The number of likely N-dealkylation sites (tertiary alicyclic amines) is 1. The van der Waals surface area contributed by atoms with Gasteiger partial charge in [0.2, 0.25) is 0 Å². The van der Waals surface area contributed by atoms with Crippen molar-refractivity contribution in [3.63, 3.8) is 0 Å². The van der Waals surface area contributed by atoms with E-state index in [1.54, 1.807) is 16.8 Å². The Labute approximate surface area is 181 Å². The van der Waals surface area contributed by atoms with Crippen molar-refractivity contribution in [2.45, 2.75) is 50.6 Å². The second-order valence-corrected chi connectivity index (χ2v) is 8.18. The molecule has 0 aromatic carbocycles. The standard InChI is InChI=1S/C22H29N7O2/c1-3-18-20(24-2)27-22(31)29(18)16-8-10-28(11-9-16)21(30)26-17-7-5-4-6-14-12-15(23)13-25-19(14)17/h3,12-13,16-17H,1-2,4-11,23H2,(H,26,30)(H,27,31)/t17-/m1/s1. The van der Waals surface area contributed by atoms with Gasteiger partial charge < -0.3 is 16.0 Å². The van der Waals surface area contributed by atoms with Gasteiger partial charge in [0.25, 0.3) is 0 Å². The maximum absolute atomic E-state index is 13.0. The summed E-state index contributed by atoms with van der Waals surface area (Å²) in [5.74, 6) is 0.431. The minimum absolute atomic E-state index is 0.0143. The molecule has 0 unspecified atom stereocenters. The summed E-state index contributed by atoms with van der Waals surface area (Å²) in [6, 6.07) is 1.76. The summed E-state index contributed by atoms with van der Waals surface area (Å²) in [5, 5.41) is 3.18. The van der Waals surface area contributed by atoms with Gasteiger partial charge in [0.15, 0.2) is 5.82 Å². The number of carbonyl (C=O) groups is 1. The lowest BCUT2D eigenvalue weighted by Crippen LogP contribution is -2.46. The van der Waals surface area contributed by atoms with E-state index in [1.807, 2.05) is 11.0 Å². The minimum Gasteiger partial charge on any atom is -0.397 e. The largest absolute Gasteiger partial charge is 0.397 e. The van der Waals surface area contributed by atoms with Crippen LogP contribution in [0.2, 0.25) is 0 Å². The van der Waals surface area contributed by atoms with Crippen LogP contribution in [0.3, 0.4) is 0 Å². The number of hydrogen-bond acceptors (Lipinski definition) is 5. The van der Waals surface area contributed by atoms with Crippen LogP contribution in [0.5, 0.6) is 0 Å². The summed E-state index contributed by atoms with van der Waals surface area (Å²) in [5.41, 5.74) is 9.02. The SMILES string of the molecule is C=Cc1c(N=C)[nH]c(=O)n1C1CCN(C(=O)N[C@@H]2CCCCc3cc(N)cnc32)CC1. The van der Waals surface area contributed by atoms with Gasteiger partial charge in [0, 0.05) is 19.1 Å². The maximum atomic E-state index is 13.0. The fourth-order valence-electron chi connectivity index (χ4n) is 4.69. The van der Waals surface area contributed by atoms with E-state index in [2.05, 4.69) is 33.6 Å². The molecular formula is C22H29N7O2. The zero-order chi connectivity index (χ0) is 22.0. The normalized spacial score (nSPS) is 19.4. The number of rotatable bonds is 4. The lowest BCUT2D eigenvalue weighted by atomic mass is 10.0.